The van der Waals surface area contributed by atoms with E-state index in [9.17, 15) is 4.79 Å². The van der Waals surface area contributed by atoms with E-state index < -0.39 is 6.16 Å². The van der Waals surface area contributed by atoms with E-state index >= 15 is 0 Å². The van der Waals surface area contributed by atoms with Gasteiger partial charge in [0.15, 0.2) is 0 Å². The first kappa shape index (κ1) is 6.39. The first-order chi connectivity index (χ1) is 4.33. The van der Waals surface area contributed by atoms with Crippen LogP contribution in [0, 0.1) is 6.92 Å². The Labute approximate surface area is 53.9 Å². The molecule has 1 fully saturated rings. The van der Waals surface area contributed by atoms with E-state index in [0.29, 0.717) is 0 Å². The average Bonchev–Trinajstić information content (AvgIpc) is 2.50. The quantitative estimate of drug-likeness (QED) is 0.524. The second-order valence-electron chi connectivity index (χ2n) is 1.92. The van der Waals surface area contributed by atoms with E-state index in [2.05, 4.69) is 11.7 Å². The molecule has 0 N–H and O–H groups in total. The van der Waals surface area contributed by atoms with Crippen LogP contribution in [0.25, 0.3) is 0 Å². The zero-order valence-corrected chi connectivity index (χ0v) is 5.13. The molecule has 1 saturated carbocycles. The third-order valence-electron chi connectivity index (χ3n) is 1.01. The van der Waals surface area contributed by atoms with Gasteiger partial charge < -0.3 is 9.47 Å². The third kappa shape index (κ3) is 2.35. The highest BCUT2D eigenvalue weighted by Crippen LogP contribution is 2.23. The molecule has 0 aromatic heterocycles. The summed E-state index contributed by atoms with van der Waals surface area (Å²) in [7, 11) is 0. The van der Waals surface area contributed by atoms with Crippen LogP contribution in [0.4, 0.5) is 4.79 Å². The summed E-state index contributed by atoms with van der Waals surface area (Å²) in [6.45, 7) is 3.47. The van der Waals surface area contributed by atoms with Crippen molar-refractivity contribution < 1.29 is 14.3 Å². The summed E-state index contributed by atoms with van der Waals surface area (Å²) in [6, 6.07) is 0. The lowest BCUT2D eigenvalue weighted by Crippen LogP contribution is -2.07. The molecule has 0 aromatic carbocycles. The highest BCUT2D eigenvalue weighted by Gasteiger charge is 2.26. The Balaban J connectivity index is 2.02. The van der Waals surface area contributed by atoms with E-state index in [1.165, 1.54) is 0 Å². The van der Waals surface area contributed by atoms with Gasteiger partial charge in [0, 0.05) is 0 Å². The molecule has 0 amide bonds. The molecule has 3 heteroatoms. The lowest BCUT2D eigenvalue weighted by Gasteiger charge is -2.00. The van der Waals surface area contributed by atoms with E-state index in [0.717, 1.165) is 12.8 Å². The van der Waals surface area contributed by atoms with Crippen molar-refractivity contribution in [1.82, 2.24) is 0 Å². The minimum Gasteiger partial charge on any atom is -0.434 e. The smallest absolute Gasteiger partial charge is 0.434 e. The second kappa shape index (κ2) is 2.71. The molecule has 0 heterocycles. The Morgan fingerprint density at radius 1 is 1.67 bits per heavy atom. The van der Waals surface area contributed by atoms with Gasteiger partial charge in [-0.3, -0.25) is 0 Å². The van der Waals surface area contributed by atoms with E-state index in [1.807, 2.05) is 0 Å². The predicted octanol–water partition coefficient (Wildman–Crippen LogP) is 1.14. The van der Waals surface area contributed by atoms with E-state index in [1.54, 1.807) is 0 Å². The SMILES string of the molecule is [CH2]COC(=O)OC1CC1. The van der Waals surface area contributed by atoms with Crippen LogP contribution in [-0.4, -0.2) is 18.9 Å². The van der Waals surface area contributed by atoms with Gasteiger partial charge in [0.1, 0.15) is 6.10 Å². The Hall–Kier alpha value is -0.730. The van der Waals surface area contributed by atoms with Gasteiger partial charge in [0.05, 0.1) is 6.61 Å². The van der Waals surface area contributed by atoms with E-state index in [4.69, 9.17) is 4.74 Å². The summed E-state index contributed by atoms with van der Waals surface area (Å²) in [5, 5.41) is 0. The van der Waals surface area contributed by atoms with Crippen LogP contribution >= 0.6 is 0 Å². The Morgan fingerprint density at radius 3 is 2.78 bits per heavy atom. The first-order valence-corrected chi connectivity index (χ1v) is 2.95. The zero-order valence-electron chi connectivity index (χ0n) is 5.13. The molecule has 1 aliphatic carbocycles. The molecule has 1 rings (SSSR count). The van der Waals surface area contributed by atoms with Gasteiger partial charge >= 0.3 is 6.16 Å². The molecule has 9 heavy (non-hydrogen) atoms. The summed E-state index contributed by atoms with van der Waals surface area (Å²) in [5.74, 6) is 0. The number of hydrogen-bond donors (Lipinski definition) is 0. The molecular weight excluding hydrogens is 120 g/mol. The van der Waals surface area contributed by atoms with Gasteiger partial charge in [-0.05, 0) is 19.8 Å². The molecule has 0 atom stereocenters. The summed E-state index contributed by atoms with van der Waals surface area (Å²) in [5.41, 5.74) is 0. The minimum absolute atomic E-state index is 0.129. The molecule has 0 aliphatic heterocycles. The van der Waals surface area contributed by atoms with E-state index in [-0.39, 0.29) is 12.7 Å². The number of rotatable bonds is 2. The van der Waals surface area contributed by atoms with Gasteiger partial charge in [-0.2, -0.15) is 0 Å². The lowest BCUT2D eigenvalue weighted by molar-refractivity contribution is 0.0571. The lowest BCUT2D eigenvalue weighted by atomic mass is 10.8. The van der Waals surface area contributed by atoms with Crippen LogP contribution in [0.15, 0.2) is 0 Å². The van der Waals surface area contributed by atoms with Crippen molar-refractivity contribution in [2.75, 3.05) is 6.61 Å². The molecule has 0 saturated heterocycles. The van der Waals surface area contributed by atoms with Gasteiger partial charge in [0.25, 0.3) is 0 Å². The predicted molar refractivity (Wildman–Crippen MR) is 30.8 cm³/mol. The number of carbonyl (C=O) groups is 1. The number of carbonyl (C=O) groups excluding carboxylic acids is 1. The summed E-state index contributed by atoms with van der Waals surface area (Å²) < 4.78 is 9.12. The van der Waals surface area contributed by atoms with Crippen molar-refractivity contribution in [1.29, 1.82) is 0 Å². The van der Waals surface area contributed by atoms with Gasteiger partial charge in [-0.1, -0.05) is 0 Å². The molecule has 51 valence electrons. The first-order valence-electron chi connectivity index (χ1n) is 2.95. The highest BCUT2D eigenvalue weighted by atomic mass is 16.7. The van der Waals surface area contributed by atoms with Crippen molar-refractivity contribution in [2.45, 2.75) is 18.9 Å². The fraction of sp³-hybridized carbons (Fsp3) is 0.667. The Kier molecular flexibility index (Phi) is 1.92. The highest BCUT2D eigenvalue weighted by molar-refractivity contribution is 5.60. The van der Waals surface area contributed by atoms with Crippen molar-refractivity contribution in [3.05, 3.63) is 6.92 Å². The molecular formula is C6H9O3. The molecule has 1 aliphatic rings. The fourth-order valence-corrected chi connectivity index (χ4v) is 0.439. The van der Waals surface area contributed by atoms with Crippen molar-refractivity contribution in [2.24, 2.45) is 0 Å². The van der Waals surface area contributed by atoms with Gasteiger partial charge in [0.2, 0.25) is 0 Å². The van der Waals surface area contributed by atoms with Gasteiger partial charge in [-0.25, -0.2) is 4.79 Å². The normalized spacial score (nSPS) is 17.0. The van der Waals surface area contributed by atoms with Crippen LogP contribution in [0.5, 0.6) is 0 Å². The molecule has 0 bridgehead atoms. The average molecular weight is 129 g/mol. The molecule has 0 unspecified atom stereocenters. The van der Waals surface area contributed by atoms with Crippen LogP contribution < -0.4 is 0 Å². The zero-order chi connectivity index (χ0) is 6.69. The summed E-state index contributed by atoms with van der Waals surface area (Å²) in [4.78, 5) is 10.4. The van der Waals surface area contributed by atoms with Crippen LogP contribution in [0.1, 0.15) is 12.8 Å². The number of ether oxygens (including phenoxy) is 2. The van der Waals surface area contributed by atoms with Crippen LogP contribution in [-0.2, 0) is 9.47 Å². The maximum atomic E-state index is 10.4. The van der Waals surface area contributed by atoms with Crippen LogP contribution in [0.3, 0.4) is 0 Å². The molecule has 0 aromatic rings. The maximum Gasteiger partial charge on any atom is 0.508 e. The van der Waals surface area contributed by atoms with Gasteiger partial charge in [-0.15, -0.1) is 0 Å². The van der Waals surface area contributed by atoms with Crippen molar-refractivity contribution in [3.63, 3.8) is 0 Å². The second-order valence-corrected chi connectivity index (χ2v) is 1.92. The standard InChI is InChI=1S/C6H9O3/c1-2-8-6(7)9-5-3-4-5/h5H,1-4H2. The minimum atomic E-state index is -0.590. The Bertz CT molecular complexity index is 107. The monoisotopic (exact) mass is 129 g/mol. The Morgan fingerprint density at radius 2 is 2.33 bits per heavy atom. The molecule has 1 radical (unpaired) electrons. The van der Waals surface area contributed by atoms with Crippen LogP contribution in [0.2, 0.25) is 0 Å². The third-order valence-corrected chi connectivity index (χ3v) is 1.01. The maximum absolute atomic E-state index is 10.4. The summed E-state index contributed by atoms with van der Waals surface area (Å²) in [6.07, 6.45) is 1.50. The summed E-state index contributed by atoms with van der Waals surface area (Å²) >= 11 is 0. The molecule has 0 spiro atoms. The van der Waals surface area contributed by atoms with Crippen molar-refractivity contribution >= 4 is 6.16 Å². The number of hydrogen-bond acceptors (Lipinski definition) is 3. The largest absolute Gasteiger partial charge is 0.508 e. The fourth-order valence-electron chi connectivity index (χ4n) is 0.439. The molecule has 3 nitrogen and oxygen atoms in total. The van der Waals surface area contributed by atoms with Crippen molar-refractivity contribution in [3.8, 4) is 0 Å². The topological polar surface area (TPSA) is 35.5 Å².